The second-order valence-corrected chi connectivity index (χ2v) is 6.47. The van der Waals surface area contributed by atoms with Crippen molar-refractivity contribution in [3.05, 3.63) is 65.2 Å². The first-order valence-corrected chi connectivity index (χ1v) is 9.02. The Morgan fingerprint density at radius 3 is 2.19 bits per heavy atom. The minimum atomic E-state index is -0.0879. The highest BCUT2D eigenvalue weighted by molar-refractivity contribution is 6.33. The van der Waals surface area contributed by atoms with Crippen LogP contribution in [-0.2, 0) is 4.79 Å². The Hall–Kier alpha value is -2.53. The van der Waals surface area contributed by atoms with E-state index >= 15 is 0 Å². The molecule has 1 heterocycles. The quantitative estimate of drug-likeness (QED) is 0.810. The molecule has 0 aliphatic carbocycles. The number of carbonyl (C=O) groups is 2. The maximum Gasteiger partial charge on any atom is 0.255 e. The van der Waals surface area contributed by atoms with E-state index in [9.17, 15) is 9.59 Å². The molecule has 2 amide bonds. The number of piperazine rings is 1. The minimum absolute atomic E-state index is 0.0470. The van der Waals surface area contributed by atoms with Crippen LogP contribution in [0.3, 0.4) is 0 Å². The second kappa shape index (κ2) is 8.72. The Labute approximate surface area is 158 Å². The van der Waals surface area contributed by atoms with Gasteiger partial charge in [-0.25, -0.2) is 0 Å². The van der Waals surface area contributed by atoms with E-state index in [0.717, 1.165) is 5.75 Å². The zero-order valence-electron chi connectivity index (χ0n) is 14.4. The highest BCUT2D eigenvalue weighted by Crippen LogP contribution is 2.18. The van der Waals surface area contributed by atoms with E-state index in [1.165, 1.54) is 0 Å². The molecule has 26 heavy (non-hydrogen) atoms. The van der Waals surface area contributed by atoms with Crippen LogP contribution in [0.1, 0.15) is 16.8 Å². The van der Waals surface area contributed by atoms with Crippen LogP contribution in [-0.4, -0.2) is 54.4 Å². The fraction of sp³-hybridized carbons (Fsp3) is 0.300. The zero-order valence-corrected chi connectivity index (χ0v) is 15.2. The van der Waals surface area contributed by atoms with Gasteiger partial charge in [-0.05, 0) is 24.3 Å². The molecule has 1 saturated heterocycles. The zero-order chi connectivity index (χ0) is 18.4. The van der Waals surface area contributed by atoms with Gasteiger partial charge in [0.05, 0.1) is 23.6 Å². The standard InChI is InChI=1S/C20H21ClN2O3/c21-18-9-5-4-8-17(18)20(25)23-13-11-22(12-14-23)19(24)10-15-26-16-6-2-1-3-7-16/h1-9H,10-15H2. The first-order valence-electron chi connectivity index (χ1n) is 8.64. The molecule has 0 aromatic heterocycles. The molecule has 136 valence electrons. The van der Waals surface area contributed by atoms with Gasteiger partial charge in [0.2, 0.25) is 5.91 Å². The van der Waals surface area contributed by atoms with Crippen molar-refractivity contribution in [1.82, 2.24) is 9.80 Å². The molecule has 0 N–H and O–H groups in total. The molecular formula is C20H21ClN2O3. The van der Waals surface area contributed by atoms with Crippen molar-refractivity contribution in [2.45, 2.75) is 6.42 Å². The van der Waals surface area contributed by atoms with Crippen LogP contribution in [0.15, 0.2) is 54.6 Å². The van der Waals surface area contributed by atoms with Gasteiger partial charge in [0, 0.05) is 26.2 Å². The average Bonchev–Trinajstić information content (AvgIpc) is 2.69. The molecule has 0 saturated carbocycles. The van der Waals surface area contributed by atoms with E-state index in [0.29, 0.717) is 49.8 Å². The van der Waals surface area contributed by atoms with Gasteiger partial charge in [-0.3, -0.25) is 9.59 Å². The average molecular weight is 373 g/mol. The summed E-state index contributed by atoms with van der Waals surface area (Å²) in [5.41, 5.74) is 0.505. The molecule has 0 radical (unpaired) electrons. The van der Waals surface area contributed by atoms with Gasteiger partial charge in [0.1, 0.15) is 5.75 Å². The molecule has 1 aliphatic heterocycles. The molecule has 6 heteroatoms. The van der Waals surface area contributed by atoms with Crippen molar-refractivity contribution in [1.29, 1.82) is 0 Å². The number of halogens is 1. The third kappa shape index (κ3) is 4.55. The normalized spacial score (nSPS) is 14.2. The van der Waals surface area contributed by atoms with Gasteiger partial charge < -0.3 is 14.5 Å². The van der Waals surface area contributed by atoms with E-state index in [2.05, 4.69) is 0 Å². The molecule has 2 aromatic carbocycles. The van der Waals surface area contributed by atoms with Crippen LogP contribution in [0.4, 0.5) is 0 Å². The number of carbonyl (C=O) groups excluding carboxylic acids is 2. The number of para-hydroxylation sites is 1. The summed E-state index contributed by atoms with van der Waals surface area (Å²) in [4.78, 5) is 28.4. The summed E-state index contributed by atoms with van der Waals surface area (Å²) in [6.45, 7) is 2.42. The fourth-order valence-corrected chi connectivity index (χ4v) is 3.11. The Morgan fingerprint density at radius 1 is 0.885 bits per heavy atom. The Kier molecular flexibility index (Phi) is 6.12. The van der Waals surface area contributed by atoms with E-state index in [1.807, 2.05) is 30.3 Å². The minimum Gasteiger partial charge on any atom is -0.493 e. The van der Waals surface area contributed by atoms with Crippen LogP contribution in [0.25, 0.3) is 0 Å². The molecular weight excluding hydrogens is 352 g/mol. The Morgan fingerprint density at radius 2 is 1.50 bits per heavy atom. The van der Waals surface area contributed by atoms with Crippen LogP contribution >= 0.6 is 11.6 Å². The molecule has 0 spiro atoms. The van der Waals surface area contributed by atoms with Crippen molar-refractivity contribution in [3.63, 3.8) is 0 Å². The number of amides is 2. The highest BCUT2D eigenvalue weighted by atomic mass is 35.5. The van der Waals surface area contributed by atoms with E-state index in [-0.39, 0.29) is 11.8 Å². The summed E-state index contributed by atoms with van der Waals surface area (Å²) >= 11 is 6.10. The molecule has 0 atom stereocenters. The van der Waals surface area contributed by atoms with Crippen molar-refractivity contribution in [2.75, 3.05) is 32.8 Å². The largest absolute Gasteiger partial charge is 0.493 e. The lowest BCUT2D eigenvalue weighted by Crippen LogP contribution is -2.50. The maximum atomic E-state index is 12.5. The van der Waals surface area contributed by atoms with E-state index in [4.69, 9.17) is 16.3 Å². The first-order chi connectivity index (χ1) is 12.6. The molecule has 1 fully saturated rings. The van der Waals surface area contributed by atoms with Crippen LogP contribution in [0, 0.1) is 0 Å². The predicted octanol–water partition coefficient (Wildman–Crippen LogP) is 3.09. The van der Waals surface area contributed by atoms with Crippen molar-refractivity contribution < 1.29 is 14.3 Å². The smallest absolute Gasteiger partial charge is 0.255 e. The lowest BCUT2D eigenvalue weighted by molar-refractivity contribution is -0.133. The number of rotatable bonds is 5. The van der Waals surface area contributed by atoms with Gasteiger partial charge in [0.25, 0.3) is 5.91 Å². The Bertz CT molecular complexity index is 759. The topological polar surface area (TPSA) is 49.9 Å². The molecule has 0 bridgehead atoms. The van der Waals surface area contributed by atoms with Crippen LogP contribution in [0.5, 0.6) is 5.75 Å². The van der Waals surface area contributed by atoms with Gasteiger partial charge >= 0.3 is 0 Å². The lowest BCUT2D eigenvalue weighted by atomic mass is 10.1. The molecule has 2 aromatic rings. The molecule has 0 unspecified atom stereocenters. The molecule has 3 rings (SSSR count). The summed E-state index contributed by atoms with van der Waals surface area (Å²) in [5.74, 6) is 0.719. The first kappa shape index (κ1) is 18.3. The molecule has 5 nitrogen and oxygen atoms in total. The van der Waals surface area contributed by atoms with Gasteiger partial charge in [-0.15, -0.1) is 0 Å². The maximum absolute atomic E-state index is 12.5. The number of benzene rings is 2. The van der Waals surface area contributed by atoms with Gasteiger partial charge in [-0.1, -0.05) is 41.9 Å². The van der Waals surface area contributed by atoms with Crippen molar-refractivity contribution in [3.8, 4) is 5.75 Å². The summed E-state index contributed by atoms with van der Waals surface area (Å²) in [7, 11) is 0. The third-order valence-electron chi connectivity index (χ3n) is 4.35. The number of ether oxygens (including phenoxy) is 1. The highest BCUT2D eigenvalue weighted by Gasteiger charge is 2.25. The summed E-state index contributed by atoms with van der Waals surface area (Å²) in [5, 5.41) is 0.453. The predicted molar refractivity (Wildman–Crippen MR) is 100 cm³/mol. The fourth-order valence-electron chi connectivity index (χ4n) is 2.89. The summed E-state index contributed by atoms with van der Waals surface area (Å²) < 4.78 is 5.57. The number of hydrogen-bond donors (Lipinski definition) is 0. The van der Waals surface area contributed by atoms with E-state index in [1.54, 1.807) is 34.1 Å². The Balaban J connectivity index is 1.45. The number of nitrogens with zero attached hydrogens (tertiary/aromatic N) is 2. The molecule has 1 aliphatic rings. The van der Waals surface area contributed by atoms with E-state index < -0.39 is 0 Å². The summed E-state index contributed by atoms with van der Waals surface area (Å²) in [6.07, 6.45) is 0.327. The third-order valence-corrected chi connectivity index (χ3v) is 4.68. The van der Waals surface area contributed by atoms with Gasteiger partial charge in [-0.2, -0.15) is 0 Å². The van der Waals surface area contributed by atoms with Gasteiger partial charge in [0.15, 0.2) is 0 Å². The number of hydrogen-bond acceptors (Lipinski definition) is 3. The monoisotopic (exact) mass is 372 g/mol. The van der Waals surface area contributed by atoms with Crippen LogP contribution < -0.4 is 4.74 Å². The SMILES string of the molecule is O=C(CCOc1ccccc1)N1CCN(C(=O)c2ccccc2Cl)CC1. The second-order valence-electron chi connectivity index (χ2n) is 6.06. The van der Waals surface area contributed by atoms with Crippen LogP contribution in [0.2, 0.25) is 5.02 Å². The lowest BCUT2D eigenvalue weighted by Gasteiger charge is -2.35. The van der Waals surface area contributed by atoms with Crippen molar-refractivity contribution >= 4 is 23.4 Å². The summed E-state index contributed by atoms with van der Waals surface area (Å²) in [6, 6.07) is 16.5. The van der Waals surface area contributed by atoms with Crippen molar-refractivity contribution in [2.24, 2.45) is 0 Å².